The maximum Gasteiger partial charge on any atom is 0.341 e. The monoisotopic (exact) mass is 379 g/mol. The van der Waals surface area contributed by atoms with Crippen LogP contribution in [0, 0.1) is 5.82 Å². The van der Waals surface area contributed by atoms with E-state index in [9.17, 15) is 14.0 Å². The van der Waals surface area contributed by atoms with E-state index in [0.717, 1.165) is 30.3 Å². The third-order valence-corrected chi connectivity index (χ3v) is 4.42. The van der Waals surface area contributed by atoms with E-state index in [1.165, 1.54) is 18.2 Å². The molecule has 1 aliphatic carbocycles. The Morgan fingerprint density at radius 3 is 2.54 bits per heavy atom. The molecule has 1 amide bonds. The lowest BCUT2D eigenvalue weighted by atomic mass is 10.2. The van der Waals surface area contributed by atoms with E-state index in [0.29, 0.717) is 11.7 Å². The first kappa shape index (κ1) is 17.9. The summed E-state index contributed by atoms with van der Waals surface area (Å²) in [4.78, 5) is 24.2. The summed E-state index contributed by atoms with van der Waals surface area (Å²) < 4.78 is 20.2. The fraction of sp³-hybridized carbons (Fsp3) is 0.190. The first-order chi connectivity index (χ1) is 13.6. The number of benzene rings is 2. The molecule has 0 aliphatic heterocycles. The van der Waals surface area contributed by atoms with Crippen LogP contribution in [-0.4, -0.2) is 28.3 Å². The van der Waals surface area contributed by atoms with Gasteiger partial charge in [0.05, 0.1) is 16.9 Å². The molecule has 0 saturated heterocycles. The minimum Gasteiger partial charge on any atom is -0.452 e. The number of hydrogen-bond donors (Lipinski definition) is 1. The molecule has 1 aliphatic rings. The number of para-hydroxylation sites is 1. The second kappa shape index (κ2) is 7.64. The summed E-state index contributed by atoms with van der Waals surface area (Å²) in [6.45, 7) is -0.522. The molecule has 2 aromatic carbocycles. The summed E-state index contributed by atoms with van der Waals surface area (Å²) in [5.41, 5.74) is 1.52. The van der Waals surface area contributed by atoms with Gasteiger partial charge in [0.15, 0.2) is 6.61 Å². The van der Waals surface area contributed by atoms with E-state index in [4.69, 9.17) is 4.74 Å². The average molecular weight is 379 g/mol. The number of hydrogen-bond acceptors (Lipinski definition) is 4. The predicted octanol–water partition coefficient (Wildman–Crippen LogP) is 3.68. The predicted molar refractivity (Wildman–Crippen MR) is 101 cm³/mol. The number of rotatable bonds is 6. The summed E-state index contributed by atoms with van der Waals surface area (Å²) in [5, 5.41) is 7.32. The summed E-state index contributed by atoms with van der Waals surface area (Å²) in [6, 6.07) is 16.7. The number of aromatic nitrogens is 2. The SMILES string of the molecule is O=C(COC(=O)c1ccccc1F)Nc1cc(C2CC2)nn1-c1ccccc1. The molecule has 6 nitrogen and oxygen atoms in total. The van der Waals surface area contributed by atoms with Gasteiger partial charge in [-0.25, -0.2) is 13.9 Å². The highest BCUT2D eigenvalue weighted by Crippen LogP contribution is 2.40. The Bertz CT molecular complexity index is 1010. The largest absolute Gasteiger partial charge is 0.452 e. The van der Waals surface area contributed by atoms with E-state index < -0.39 is 24.3 Å². The number of halogens is 1. The van der Waals surface area contributed by atoms with Crippen LogP contribution in [-0.2, 0) is 9.53 Å². The Morgan fingerprint density at radius 2 is 1.82 bits per heavy atom. The lowest BCUT2D eigenvalue weighted by Crippen LogP contribution is -2.22. The standard InChI is InChI=1S/C21H18FN3O3/c22-17-9-5-4-8-16(17)21(27)28-13-20(26)23-19-12-18(14-10-11-14)24-25(19)15-6-2-1-3-7-15/h1-9,12,14H,10-11,13H2,(H,23,26). The first-order valence-electron chi connectivity index (χ1n) is 8.98. The molecule has 3 aromatic rings. The number of nitrogens with zero attached hydrogens (tertiary/aromatic N) is 2. The first-order valence-corrected chi connectivity index (χ1v) is 8.98. The zero-order valence-electron chi connectivity index (χ0n) is 15.0. The van der Waals surface area contributed by atoms with Crippen LogP contribution in [0.1, 0.15) is 34.8 Å². The molecule has 4 rings (SSSR count). The third kappa shape index (κ3) is 3.93. The van der Waals surface area contributed by atoms with Crippen LogP contribution in [0.4, 0.5) is 10.2 Å². The van der Waals surface area contributed by atoms with Gasteiger partial charge in [-0.2, -0.15) is 5.10 Å². The van der Waals surface area contributed by atoms with Crippen molar-refractivity contribution in [2.24, 2.45) is 0 Å². The van der Waals surface area contributed by atoms with Crippen molar-refractivity contribution in [3.05, 3.63) is 77.7 Å². The molecule has 1 fully saturated rings. The van der Waals surface area contributed by atoms with Gasteiger partial charge in [0.1, 0.15) is 11.6 Å². The number of anilines is 1. The fourth-order valence-electron chi connectivity index (χ4n) is 2.85. The molecule has 1 heterocycles. The molecule has 0 spiro atoms. The molecule has 142 valence electrons. The van der Waals surface area contributed by atoms with E-state index in [-0.39, 0.29) is 5.56 Å². The van der Waals surface area contributed by atoms with Crippen molar-refractivity contribution in [1.29, 1.82) is 0 Å². The van der Waals surface area contributed by atoms with Crippen LogP contribution in [0.25, 0.3) is 5.69 Å². The fourth-order valence-corrected chi connectivity index (χ4v) is 2.85. The minimum absolute atomic E-state index is 0.208. The summed E-state index contributed by atoms with van der Waals surface area (Å²) in [7, 11) is 0. The number of ether oxygens (including phenoxy) is 1. The highest BCUT2D eigenvalue weighted by Gasteiger charge is 2.28. The number of amides is 1. The second-order valence-electron chi connectivity index (χ2n) is 6.58. The summed E-state index contributed by atoms with van der Waals surface area (Å²) >= 11 is 0. The quantitative estimate of drug-likeness (QED) is 0.663. The molecule has 1 aromatic heterocycles. The van der Waals surface area contributed by atoms with Crippen molar-refractivity contribution in [2.75, 3.05) is 11.9 Å². The van der Waals surface area contributed by atoms with Crippen molar-refractivity contribution in [2.45, 2.75) is 18.8 Å². The average Bonchev–Trinajstić information content (AvgIpc) is 3.48. The van der Waals surface area contributed by atoms with Crippen molar-refractivity contribution < 1.29 is 18.7 Å². The van der Waals surface area contributed by atoms with Crippen LogP contribution >= 0.6 is 0 Å². The van der Waals surface area contributed by atoms with Crippen molar-refractivity contribution >= 4 is 17.7 Å². The Morgan fingerprint density at radius 1 is 1.11 bits per heavy atom. The van der Waals surface area contributed by atoms with Gasteiger partial charge in [-0.15, -0.1) is 0 Å². The lowest BCUT2D eigenvalue weighted by molar-refractivity contribution is -0.119. The van der Waals surface area contributed by atoms with E-state index >= 15 is 0 Å². The van der Waals surface area contributed by atoms with Gasteiger partial charge >= 0.3 is 5.97 Å². The maximum atomic E-state index is 13.6. The molecule has 0 unspecified atom stereocenters. The molecular formula is C21H18FN3O3. The van der Waals surface area contributed by atoms with Crippen LogP contribution in [0.2, 0.25) is 0 Å². The van der Waals surface area contributed by atoms with Crippen molar-refractivity contribution in [1.82, 2.24) is 9.78 Å². The Balaban J connectivity index is 1.46. The van der Waals surface area contributed by atoms with Crippen LogP contribution in [0.3, 0.4) is 0 Å². The van der Waals surface area contributed by atoms with Gasteiger partial charge in [0.25, 0.3) is 5.91 Å². The summed E-state index contributed by atoms with van der Waals surface area (Å²) in [6.07, 6.45) is 2.17. The molecule has 28 heavy (non-hydrogen) atoms. The molecule has 0 bridgehead atoms. The third-order valence-electron chi connectivity index (χ3n) is 4.42. The minimum atomic E-state index is -0.886. The van der Waals surface area contributed by atoms with Crippen LogP contribution in [0.5, 0.6) is 0 Å². The van der Waals surface area contributed by atoms with Crippen LogP contribution in [0.15, 0.2) is 60.7 Å². The lowest BCUT2D eigenvalue weighted by Gasteiger charge is -2.09. The van der Waals surface area contributed by atoms with Gasteiger partial charge in [0.2, 0.25) is 0 Å². The van der Waals surface area contributed by atoms with Gasteiger partial charge in [-0.1, -0.05) is 30.3 Å². The number of esters is 1. The Labute approximate surface area is 160 Å². The highest BCUT2D eigenvalue weighted by molar-refractivity contribution is 5.95. The number of nitrogens with one attached hydrogen (secondary N) is 1. The molecule has 7 heteroatoms. The highest BCUT2D eigenvalue weighted by atomic mass is 19.1. The number of carbonyl (C=O) groups is 2. The van der Waals surface area contributed by atoms with E-state index in [2.05, 4.69) is 10.4 Å². The zero-order valence-corrected chi connectivity index (χ0v) is 15.0. The Hall–Kier alpha value is -3.48. The number of carbonyl (C=O) groups excluding carboxylic acids is 2. The second-order valence-corrected chi connectivity index (χ2v) is 6.58. The van der Waals surface area contributed by atoms with Gasteiger partial charge in [-0.3, -0.25) is 4.79 Å². The molecule has 1 N–H and O–H groups in total. The molecule has 1 saturated carbocycles. The normalized spacial score (nSPS) is 13.2. The van der Waals surface area contributed by atoms with Gasteiger partial charge in [0, 0.05) is 12.0 Å². The zero-order chi connectivity index (χ0) is 19.5. The molecule has 0 atom stereocenters. The Kier molecular flexibility index (Phi) is 4.89. The topological polar surface area (TPSA) is 73.2 Å². The molecule has 0 radical (unpaired) electrons. The van der Waals surface area contributed by atoms with Gasteiger partial charge in [-0.05, 0) is 37.1 Å². The van der Waals surface area contributed by atoms with Crippen molar-refractivity contribution in [3.63, 3.8) is 0 Å². The maximum absolute atomic E-state index is 13.6. The van der Waals surface area contributed by atoms with Crippen LogP contribution < -0.4 is 5.32 Å². The van der Waals surface area contributed by atoms with Crippen molar-refractivity contribution in [3.8, 4) is 5.69 Å². The van der Waals surface area contributed by atoms with Gasteiger partial charge < -0.3 is 10.1 Å². The van der Waals surface area contributed by atoms with E-state index in [1.54, 1.807) is 4.68 Å². The summed E-state index contributed by atoms with van der Waals surface area (Å²) in [5.74, 6) is -1.18. The van der Waals surface area contributed by atoms with E-state index in [1.807, 2.05) is 36.4 Å². The molecular weight excluding hydrogens is 361 g/mol. The smallest absolute Gasteiger partial charge is 0.341 e.